The monoisotopic (exact) mass is 399 g/mol. The number of amides is 1. The lowest BCUT2D eigenvalue weighted by atomic mass is 10.2. The van der Waals surface area contributed by atoms with Gasteiger partial charge in [-0.1, -0.05) is 6.92 Å². The van der Waals surface area contributed by atoms with Crippen molar-refractivity contribution in [3.63, 3.8) is 0 Å². The highest BCUT2D eigenvalue weighted by Crippen LogP contribution is 2.18. The minimum atomic E-state index is -3.28. The first-order chi connectivity index (χ1) is 13.4. The molecule has 28 heavy (non-hydrogen) atoms. The third kappa shape index (κ3) is 4.58. The molecule has 0 fully saturated rings. The number of carbonyl (C=O) groups is 1. The van der Waals surface area contributed by atoms with E-state index in [-0.39, 0.29) is 16.6 Å². The molecule has 1 N–H and O–H groups in total. The van der Waals surface area contributed by atoms with Gasteiger partial charge in [0.25, 0.3) is 5.91 Å². The van der Waals surface area contributed by atoms with Crippen LogP contribution in [0.5, 0.6) is 5.75 Å². The summed E-state index contributed by atoms with van der Waals surface area (Å²) in [5.74, 6) is 1.18. The summed E-state index contributed by atoms with van der Waals surface area (Å²) in [4.78, 5) is 16.7. The van der Waals surface area contributed by atoms with Crippen LogP contribution in [0, 0.1) is 0 Å². The summed E-state index contributed by atoms with van der Waals surface area (Å²) in [6.45, 7) is 1.93. The molecule has 0 saturated heterocycles. The molecule has 1 heterocycles. The molecule has 8 heteroatoms. The molecule has 0 aliphatic heterocycles. The van der Waals surface area contributed by atoms with Gasteiger partial charge in [-0.05, 0) is 48.5 Å². The molecule has 146 valence electrons. The number of nitrogens with one attached hydrogen (secondary N) is 1. The average Bonchev–Trinajstić information content (AvgIpc) is 3.12. The van der Waals surface area contributed by atoms with E-state index in [1.54, 1.807) is 37.4 Å². The van der Waals surface area contributed by atoms with Crippen LogP contribution in [0.3, 0.4) is 0 Å². The van der Waals surface area contributed by atoms with E-state index < -0.39 is 9.84 Å². The van der Waals surface area contributed by atoms with Crippen molar-refractivity contribution >= 4 is 21.4 Å². The lowest BCUT2D eigenvalue weighted by Gasteiger charge is -2.09. The van der Waals surface area contributed by atoms with Crippen molar-refractivity contribution in [2.45, 2.75) is 18.4 Å². The quantitative estimate of drug-likeness (QED) is 0.659. The number of imidazole rings is 1. The van der Waals surface area contributed by atoms with E-state index in [2.05, 4.69) is 10.3 Å². The van der Waals surface area contributed by atoms with Crippen LogP contribution in [0.15, 0.2) is 65.8 Å². The van der Waals surface area contributed by atoms with Gasteiger partial charge in [-0.15, -0.1) is 0 Å². The highest BCUT2D eigenvalue weighted by atomic mass is 32.2. The summed E-state index contributed by atoms with van der Waals surface area (Å²) in [5.41, 5.74) is 0.991. The Kier molecular flexibility index (Phi) is 5.79. The maximum atomic E-state index is 12.3. The molecule has 0 unspecified atom stereocenters. The van der Waals surface area contributed by atoms with E-state index in [4.69, 9.17) is 4.74 Å². The zero-order valence-corrected chi connectivity index (χ0v) is 16.4. The molecule has 1 amide bonds. The topological polar surface area (TPSA) is 90.3 Å². The van der Waals surface area contributed by atoms with Crippen molar-refractivity contribution in [1.29, 1.82) is 0 Å². The Morgan fingerprint density at radius 1 is 1.11 bits per heavy atom. The van der Waals surface area contributed by atoms with Crippen LogP contribution in [0.1, 0.15) is 23.1 Å². The second-order valence-corrected chi connectivity index (χ2v) is 8.43. The number of carbonyl (C=O) groups excluding carboxylic acids is 1. The predicted molar refractivity (Wildman–Crippen MR) is 106 cm³/mol. The normalized spacial score (nSPS) is 11.2. The molecular weight excluding hydrogens is 378 g/mol. The first-order valence-electron chi connectivity index (χ1n) is 8.72. The molecule has 0 spiro atoms. The molecule has 3 rings (SSSR count). The lowest BCUT2D eigenvalue weighted by Crippen LogP contribution is -2.12. The van der Waals surface area contributed by atoms with E-state index in [9.17, 15) is 13.2 Å². The number of ether oxygens (including phenoxy) is 1. The smallest absolute Gasteiger partial charge is 0.255 e. The Balaban J connectivity index is 1.60. The van der Waals surface area contributed by atoms with Crippen molar-refractivity contribution in [3.05, 3.63) is 72.3 Å². The van der Waals surface area contributed by atoms with E-state index in [1.165, 1.54) is 24.3 Å². The molecule has 3 aromatic rings. The van der Waals surface area contributed by atoms with E-state index in [0.717, 1.165) is 5.82 Å². The summed E-state index contributed by atoms with van der Waals surface area (Å²) in [7, 11) is -1.38. The number of aromatic nitrogens is 2. The van der Waals surface area contributed by atoms with Gasteiger partial charge >= 0.3 is 0 Å². The van der Waals surface area contributed by atoms with Crippen LogP contribution in [-0.2, 0) is 23.5 Å². The number of benzene rings is 2. The van der Waals surface area contributed by atoms with Gasteiger partial charge in [0.15, 0.2) is 9.84 Å². The Morgan fingerprint density at radius 3 is 2.36 bits per heavy atom. The number of hydrogen-bond acceptors (Lipinski definition) is 5. The van der Waals surface area contributed by atoms with Crippen LogP contribution < -0.4 is 10.1 Å². The third-order valence-corrected chi connectivity index (χ3v) is 6.01. The first kappa shape index (κ1) is 19.6. The van der Waals surface area contributed by atoms with Gasteiger partial charge in [-0.25, -0.2) is 13.4 Å². The van der Waals surface area contributed by atoms with E-state index in [0.29, 0.717) is 23.6 Å². The van der Waals surface area contributed by atoms with Crippen molar-refractivity contribution in [2.75, 3.05) is 11.1 Å². The predicted octanol–water partition coefficient (Wildman–Crippen LogP) is 3.05. The van der Waals surface area contributed by atoms with E-state index >= 15 is 0 Å². The molecule has 2 aromatic carbocycles. The van der Waals surface area contributed by atoms with Gasteiger partial charge in [0.05, 0.1) is 10.6 Å². The SMILES string of the molecule is CCS(=O)(=O)c1ccc(C(=O)Nc2ccc(OCc3nccn3C)cc2)cc1. The minimum Gasteiger partial charge on any atom is -0.486 e. The lowest BCUT2D eigenvalue weighted by molar-refractivity contribution is 0.102. The summed E-state index contributed by atoms with van der Waals surface area (Å²) in [5, 5.41) is 2.78. The second kappa shape index (κ2) is 8.26. The van der Waals surface area contributed by atoms with Gasteiger partial charge in [-0.2, -0.15) is 0 Å². The maximum Gasteiger partial charge on any atom is 0.255 e. The van der Waals surface area contributed by atoms with Crippen molar-refractivity contribution < 1.29 is 17.9 Å². The second-order valence-electron chi connectivity index (χ2n) is 6.15. The number of aryl methyl sites for hydroxylation is 1. The molecule has 1 aromatic heterocycles. The fourth-order valence-electron chi connectivity index (χ4n) is 2.50. The Bertz CT molecular complexity index is 1060. The molecule has 0 radical (unpaired) electrons. The summed E-state index contributed by atoms with van der Waals surface area (Å²) >= 11 is 0. The molecule has 7 nitrogen and oxygen atoms in total. The number of nitrogens with zero attached hydrogens (tertiary/aromatic N) is 2. The minimum absolute atomic E-state index is 0.0209. The Labute approximate surface area is 163 Å². The molecule has 0 aliphatic rings. The Morgan fingerprint density at radius 2 is 1.79 bits per heavy atom. The van der Waals surface area contributed by atoms with Gasteiger partial charge < -0.3 is 14.6 Å². The summed E-state index contributed by atoms with van der Waals surface area (Å²) in [6, 6.07) is 12.9. The van der Waals surface area contributed by atoms with Crippen molar-refractivity contribution in [1.82, 2.24) is 9.55 Å². The Hall–Kier alpha value is -3.13. The highest BCUT2D eigenvalue weighted by Gasteiger charge is 2.13. The van der Waals surface area contributed by atoms with Crippen molar-refractivity contribution in [2.24, 2.45) is 7.05 Å². The van der Waals surface area contributed by atoms with Gasteiger partial charge in [0.2, 0.25) is 0 Å². The first-order valence-corrected chi connectivity index (χ1v) is 10.4. The standard InChI is InChI=1S/C20H21N3O4S/c1-3-28(25,26)18-10-4-15(5-11-18)20(24)22-16-6-8-17(9-7-16)27-14-19-21-12-13-23(19)2/h4-13H,3,14H2,1-2H3,(H,22,24). The van der Waals surface area contributed by atoms with Crippen LogP contribution >= 0.6 is 0 Å². The number of rotatable bonds is 7. The number of anilines is 1. The summed E-state index contributed by atoms with van der Waals surface area (Å²) in [6.07, 6.45) is 3.56. The molecule has 0 atom stereocenters. The molecule has 0 bridgehead atoms. The van der Waals surface area contributed by atoms with Crippen LogP contribution in [-0.4, -0.2) is 29.6 Å². The zero-order chi connectivity index (χ0) is 20.1. The fraction of sp³-hybridized carbons (Fsp3) is 0.200. The van der Waals surface area contributed by atoms with Crippen molar-refractivity contribution in [3.8, 4) is 5.75 Å². The average molecular weight is 399 g/mol. The number of hydrogen-bond donors (Lipinski definition) is 1. The van der Waals surface area contributed by atoms with Crippen LogP contribution in [0.4, 0.5) is 5.69 Å². The third-order valence-electron chi connectivity index (χ3n) is 4.26. The van der Waals surface area contributed by atoms with Crippen LogP contribution in [0.2, 0.25) is 0 Å². The molecule has 0 aliphatic carbocycles. The van der Waals surface area contributed by atoms with Gasteiger partial charge in [-0.3, -0.25) is 4.79 Å². The largest absolute Gasteiger partial charge is 0.486 e. The maximum absolute atomic E-state index is 12.3. The fourth-order valence-corrected chi connectivity index (χ4v) is 3.39. The highest BCUT2D eigenvalue weighted by molar-refractivity contribution is 7.91. The summed E-state index contributed by atoms with van der Waals surface area (Å²) < 4.78 is 31.2. The molecule has 0 saturated carbocycles. The number of sulfone groups is 1. The zero-order valence-electron chi connectivity index (χ0n) is 15.6. The van der Waals surface area contributed by atoms with Crippen LogP contribution in [0.25, 0.3) is 0 Å². The van der Waals surface area contributed by atoms with Gasteiger partial charge in [0, 0.05) is 30.7 Å². The molecular formula is C20H21N3O4S. The van der Waals surface area contributed by atoms with Gasteiger partial charge in [0.1, 0.15) is 18.2 Å². The van der Waals surface area contributed by atoms with E-state index in [1.807, 2.05) is 17.8 Å².